The molecular weight excluding hydrogens is 434 g/mol. The van der Waals surface area contributed by atoms with Gasteiger partial charge in [-0.3, -0.25) is 4.79 Å². The van der Waals surface area contributed by atoms with Crippen molar-refractivity contribution >= 4 is 39.9 Å². The molecule has 6 nitrogen and oxygen atoms in total. The van der Waals surface area contributed by atoms with Gasteiger partial charge in [0.25, 0.3) is 5.91 Å². The lowest BCUT2D eigenvalue weighted by atomic mass is 10.1. The third-order valence-electron chi connectivity index (χ3n) is 5.87. The Balaban J connectivity index is 1.65. The lowest BCUT2D eigenvalue weighted by Crippen LogP contribution is -2.21. The highest BCUT2D eigenvalue weighted by Crippen LogP contribution is 2.26. The van der Waals surface area contributed by atoms with Gasteiger partial charge in [0.2, 0.25) is 0 Å². The van der Waals surface area contributed by atoms with Crippen molar-refractivity contribution in [1.29, 1.82) is 0 Å². The van der Waals surface area contributed by atoms with Gasteiger partial charge in [-0.15, -0.1) is 10.2 Å². The van der Waals surface area contributed by atoms with Crippen LogP contribution in [0.5, 0.6) is 0 Å². The van der Waals surface area contributed by atoms with Crippen LogP contribution in [-0.2, 0) is 0 Å². The number of benzene rings is 3. The van der Waals surface area contributed by atoms with Gasteiger partial charge in [0.1, 0.15) is 11.0 Å². The minimum absolute atomic E-state index is 0.252. The number of halogens is 1. The predicted octanol–water partition coefficient (Wildman–Crippen LogP) is 6.10. The minimum atomic E-state index is -0.252. The van der Waals surface area contributed by atoms with Gasteiger partial charge in [-0.2, -0.15) is 4.80 Å². The molecule has 1 N–H and O–H groups in total. The van der Waals surface area contributed by atoms with Crippen molar-refractivity contribution in [3.8, 4) is 5.69 Å². The first-order valence-electron chi connectivity index (χ1n) is 11.1. The van der Waals surface area contributed by atoms with Crippen LogP contribution in [0.1, 0.15) is 40.9 Å². The summed E-state index contributed by atoms with van der Waals surface area (Å²) in [4.78, 5) is 16.8. The van der Waals surface area contributed by atoms with Crippen molar-refractivity contribution in [2.24, 2.45) is 0 Å². The predicted molar refractivity (Wildman–Crippen MR) is 136 cm³/mol. The fourth-order valence-corrected chi connectivity index (χ4v) is 4.27. The number of carbonyl (C=O) groups is 1. The maximum absolute atomic E-state index is 12.8. The van der Waals surface area contributed by atoms with E-state index in [1.165, 1.54) is 5.69 Å². The zero-order valence-electron chi connectivity index (χ0n) is 19.6. The summed E-state index contributed by atoms with van der Waals surface area (Å²) in [6.07, 6.45) is 0. The lowest BCUT2D eigenvalue weighted by Gasteiger charge is -2.22. The second kappa shape index (κ2) is 9.24. The Labute approximate surface area is 199 Å². The van der Waals surface area contributed by atoms with Gasteiger partial charge in [0.15, 0.2) is 0 Å². The van der Waals surface area contributed by atoms with E-state index in [4.69, 9.17) is 11.6 Å². The van der Waals surface area contributed by atoms with E-state index in [0.717, 1.165) is 41.0 Å². The number of amides is 1. The Morgan fingerprint density at radius 3 is 2.27 bits per heavy atom. The lowest BCUT2D eigenvalue weighted by molar-refractivity contribution is 0.102. The van der Waals surface area contributed by atoms with Crippen molar-refractivity contribution in [3.05, 3.63) is 75.8 Å². The maximum atomic E-state index is 12.8. The van der Waals surface area contributed by atoms with E-state index < -0.39 is 0 Å². The van der Waals surface area contributed by atoms with Crippen LogP contribution < -0.4 is 10.2 Å². The molecule has 1 aromatic heterocycles. The molecule has 1 amide bonds. The number of aryl methyl sites for hydroxylation is 3. The summed E-state index contributed by atoms with van der Waals surface area (Å²) in [5, 5.41) is 12.8. The quantitative estimate of drug-likeness (QED) is 0.377. The molecule has 0 atom stereocenters. The number of anilines is 2. The summed E-state index contributed by atoms with van der Waals surface area (Å²) in [6, 6.07) is 15.5. The smallest absolute Gasteiger partial charge is 0.257 e. The Kier molecular flexibility index (Phi) is 6.38. The van der Waals surface area contributed by atoms with E-state index in [9.17, 15) is 4.79 Å². The number of hydrogen-bond donors (Lipinski definition) is 1. The summed E-state index contributed by atoms with van der Waals surface area (Å²) >= 11 is 6.27. The second-order valence-electron chi connectivity index (χ2n) is 8.23. The normalized spacial score (nSPS) is 11.1. The summed E-state index contributed by atoms with van der Waals surface area (Å²) in [5.74, 6) is -0.252. The first-order valence-corrected chi connectivity index (χ1v) is 11.5. The van der Waals surface area contributed by atoms with Crippen LogP contribution in [-0.4, -0.2) is 34.0 Å². The average molecular weight is 462 g/mol. The van der Waals surface area contributed by atoms with Crippen LogP contribution >= 0.6 is 11.6 Å². The van der Waals surface area contributed by atoms with Gasteiger partial charge in [0.05, 0.1) is 16.3 Å². The fraction of sp³-hybridized carbons (Fsp3) is 0.269. The number of nitrogens with one attached hydrogen (secondary N) is 1. The van der Waals surface area contributed by atoms with E-state index in [1.54, 1.807) is 16.9 Å². The first-order chi connectivity index (χ1) is 15.8. The number of aromatic nitrogens is 3. The Morgan fingerprint density at radius 1 is 0.939 bits per heavy atom. The van der Waals surface area contributed by atoms with Crippen LogP contribution in [0.3, 0.4) is 0 Å². The molecule has 0 aliphatic carbocycles. The number of carbonyl (C=O) groups excluding carboxylic acids is 1. The van der Waals surface area contributed by atoms with Crippen molar-refractivity contribution in [1.82, 2.24) is 15.0 Å². The average Bonchev–Trinajstić information content (AvgIpc) is 3.17. The number of hydrogen-bond acceptors (Lipinski definition) is 4. The van der Waals surface area contributed by atoms with Gasteiger partial charge in [-0.25, -0.2) is 0 Å². The monoisotopic (exact) mass is 461 g/mol. The van der Waals surface area contributed by atoms with Crippen molar-refractivity contribution < 1.29 is 4.79 Å². The minimum Gasteiger partial charge on any atom is -0.372 e. The molecule has 170 valence electrons. The largest absolute Gasteiger partial charge is 0.372 e. The van der Waals surface area contributed by atoms with Crippen LogP contribution in [0.2, 0.25) is 5.02 Å². The summed E-state index contributed by atoms with van der Waals surface area (Å²) in [5.41, 5.74) is 7.72. The molecule has 7 heteroatoms. The van der Waals surface area contributed by atoms with Crippen molar-refractivity contribution in [2.45, 2.75) is 34.6 Å². The van der Waals surface area contributed by atoms with E-state index in [0.29, 0.717) is 21.8 Å². The second-order valence-corrected chi connectivity index (χ2v) is 8.63. The van der Waals surface area contributed by atoms with Crippen molar-refractivity contribution in [3.63, 3.8) is 0 Å². The van der Waals surface area contributed by atoms with Gasteiger partial charge in [0, 0.05) is 24.5 Å². The zero-order chi connectivity index (χ0) is 23.7. The van der Waals surface area contributed by atoms with E-state index in [1.807, 2.05) is 32.0 Å². The van der Waals surface area contributed by atoms with Crippen LogP contribution in [0.25, 0.3) is 16.7 Å². The summed E-state index contributed by atoms with van der Waals surface area (Å²) in [6.45, 7) is 12.2. The standard InChI is InChI=1S/C26H28ClN5O/c1-6-31(7-2)19-9-11-25(18(5)13-19)32-29-23-14-17(4)22(15-24(23)30-32)28-26(33)20-10-8-16(3)12-21(20)27/h8-15H,6-7H2,1-5H3,(H,28,33). The summed E-state index contributed by atoms with van der Waals surface area (Å²) in [7, 11) is 0. The molecule has 0 radical (unpaired) electrons. The molecular formula is C26H28ClN5O. The molecule has 0 aliphatic heterocycles. The van der Waals surface area contributed by atoms with E-state index in [-0.39, 0.29) is 5.91 Å². The molecule has 0 unspecified atom stereocenters. The molecule has 4 aromatic rings. The molecule has 3 aromatic carbocycles. The highest BCUT2D eigenvalue weighted by molar-refractivity contribution is 6.34. The van der Waals surface area contributed by atoms with E-state index >= 15 is 0 Å². The molecule has 0 saturated heterocycles. The maximum Gasteiger partial charge on any atom is 0.257 e. The van der Waals surface area contributed by atoms with Gasteiger partial charge >= 0.3 is 0 Å². The number of nitrogens with zero attached hydrogens (tertiary/aromatic N) is 4. The van der Waals surface area contributed by atoms with Gasteiger partial charge in [-0.1, -0.05) is 17.7 Å². The van der Waals surface area contributed by atoms with E-state index in [2.05, 4.69) is 59.4 Å². The Morgan fingerprint density at radius 2 is 1.64 bits per heavy atom. The SMILES string of the molecule is CCN(CC)c1ccc(-n2nc3cc(C)c(NC(=O)c4ccc(C)cc4Cl)cc3n2)c(C)c1. The van der Waals surface area contributed by atoms with Crippen molar-refractivity contribution in [2.75, 3.05) is 23.3 Å². The van der Waals surface area contributed by atoms with Crippen LogP contribution in [0.15, 0.2) is 48.5 Å². The highest BCUT2D eigenvalue weighted by Gasteiger charge is 2.15. The van der Waals surface area contributed by atoms with Gasteiger partial charge in [-0.05, 0) is 93.8 Å². The summed E-state index contributed by atoms with van der Waals surface area (Å²) < 4.78 is 0. The third-order valence-corrected chi connectivity index (χ3v) is 6.18. The molecule has 33 heavy (non-hydrogen) atoms. The molecule has 0 aliphatic rings. The topological polar surface area (TPSA) is 63.1 Å². The van der Waals surface area contributed by atoms with Crippen LogP contribution in [0.4, 0.5) is 11.4 Å². The molecule has 0 fully saturated rings. The Bertz CT molecular complexity index is 1340. The van der Waals surface area contributed by atoms with Gasteiger partial charge < -0.3 is 10.2 Å². The molecule has 0 bridgehead atoms. The Hall–Kier alpha value is -3.38. The molecule has 0 saturated carbocycles. The van der Waals surface area contributed by atoms with Crippen LogP contribution in [0, 0.1) is 20.8 Å². The third kappa shape index (κ3) is 4.57. The first kappa shape index (κ1) is 22.8. The number of fused-ring (bicyclic) bond motifs is 1. The molecule has 4 rings (SSSR count). The fourth-order valence-electron chi connectivity index (χ4n) is 3.95. The molecule has 0 spiro atoms. The number of rotatable bonds is 6. The molecule has 1 heterocycles. The highest BCUT2D eigenvalue weighted by atomic mass is 35.5. The zero-order valence-corrected chi connectivity index (χ0v) is 20.4.